The molecule has 0 bridgehead atoms. The van der Waals surface area contributed by atoms with Gasteiger partial charge in [-0.25, -0.2) is 9.59 Å². The van der Waals surface area contributed by atoms with E-state index in [0.29, 0.717) is 11.0 Å². The van der Waals surface area contributed by atoms with Gasteiger partial charge >= 0.3 is 19.2 Å². The van der Waals surface area contributed by atoms with Crippen LogP contribution in [0.3, 0.4) is 0 Å². The van der Waals surface area contributed by atoms with E-state index in [1.807, 2.05) is 48.5 Å². The molecule has 32 heavy (non-hydrogen) atoms. The summed E-state index contributed by atoms with van der Waals surface area (Å²) in [6.07, 6.45) is -0.775. The van der Waals surface area contributed by atoms with Crippen LogP contribution in [0.25, 0.3) is 11.1 Å². The molecule has 0 heterocycles. The molecule has 7 nitrogen and oxygen atoms in total. The van der Waals surface area contributed by atoms with Crippen molar-refractivity contribution < 1.29 is 29.5 Å². The lowest BCUT2D eigenvalue weighted by Crippen LogP contribution is -2.43. The number of carbonyl (C=O) groups is 2. The maximum atomic E-state index is 12.4. The number of aliphatic carboxylic acids is 1. The van der Waals surface area contributed by atoms with Crippen LogP contribution in [0.1, 0.15) is 22.6 Å². The largest absolute Gasteiger partial charge is 0.488 e. The van der Waals surface area contributed by atoms with E-state index >= 15 is 0 Å². The van der Waals surface area contributed by atoms with Gasteiger partial charge in [-0.2, -0.15) is 0 Å². The minimum Gasteiger partial charge on any atom is -0.480 e. The van der Waals surface area contributed by atoms with Gasteiger partial charge in [0.05, 0.1) is 0 Å². The molecule has 162 valence electrons. The molecular formula is C24H22BNO6. The van der Waals surface area contributed by atoms with Gasteiger partial charge in [-0.1, -0.05) is 72.8 Å². The fourth-order valence-corrected chi connectivity index (χ4v) is 4.04. The lowest BCUT2D eigenvalue weighted by atomic mass is 9.80. The lowest BCUT2D eigenvalue weighted by molar-refractivity contribution is -0.139. The molecule has 1 amide bonds. The molecule has 1 aliphatic rings. The molecule has 0 saturated carbocycles. The molecule has 0 unspecified atom stereocenters. The van der Waals surface area contributed by atoms with Gasteiger partial charge in [0.2, 0.25) is 0 Å². The van der Waals surface area contributed by atoms with Gasteiger partial charge in [-0.15, -0.1) is 0 Å². The van der Waals surface area contributed by atoms with Crippen LogP contribution in [-0.4, -0.2) is 47.0 Å². The molecule has 4 rings (SSSR count). The molecule has 3 aromatic carbocycles. The average Bonchev–Trinajstić information content (AvgIpc) is 3.11. The Hall–Kier alpha value is -3.62. The SMILES string of the molecule is O=C(N[C@H](Cc1ccc(B(O)O)cc1)C(=O)O)OCC1c2ccccc2-c2ccccc21. The number of ether oxygens (including phenoxy) is 1. The highest BCUT2D eigenvalue weighted by molar-refractivity contribution is 6.58. The number of carboxylic acid groups (broad SMARTS) is 1. The second-order valence-corrected chi connectivity index (χ2v) is 7.68. The number of benzene rings is 3. The number of fused-ring (bicyclic) bond motifs is 3. The zero-order valence-corrected chi connectivity index (χ0v) is 17.1. The van der Waals surface area contributed by atoms with Crippen molar-refractivity contribution in [2.24, 2.45) is 0 Å². The Morgan fingerprint density at radius 2 is 1.47 bits per heavy atom. The fourth-order valence-electron chi connectivity index (χ4n) is 4.04. The number of rotatable bonds is 7. The number of carbonyl (C=O) groups excluding carboxylic acids is 1. The van der Waals surface area contributed by atoms with Crippen LogP contribution in [0.4, 0.5) is 4.79 Å². The van der Waals surface area contributed by atoms with Gasteiger partial charge < -0.3 is 25.2 Å². The van der Waals surface area contributed by atoms with Crippen LogP contribution in [0.5, 0.6) is 0 Å². The third kappa shape index (κ3) is 4.51. The summed E-state index contributed by atoms with van der Waals surface area (Å²) in [6.45, 7) is 0.0925. The molecule has 4 N–H and O–H groups in total. The highest BCUT2D eigenvalue weighted by atomic mass is 16.5. The Bertz CT molecular complexity index is 1090. The Morgan fingerprint density at radius 1 is 0.906 bits per heavy atom. The van der Waals surface area contributed by atoms with Crippen LogP contribution in [0.2, 0.25) is 0 Å². The minimum absolute atomic E-state index is 0.0291. The van der Waals surface area contributed by atoms with E-state index in [1.54, 1.807) is 12.1 Å². The minimum atomic E-state index is -1.60. The van der Waals surface area contributed by atoms with Crippen LogP contribution in [-0.2, 0) is 16.0 Å². The van der Waals surface area contributed by atoms with Crippen LogP contribution in [0.15, 0.2) is 72.8 Å². The Labute approximate surface area is 185 Å². The summed E-state index contributed by atoms with van der Waals surface area (Å²) in [7, 11) is -1.60. The molecule has 0 radical (unpaired) electrons. The summed E-state index contributed by atoms with van der Waals surface area (Å²) in [5.74, 6) is -1.31. The monoisotopic (exact) mass is 431 g/mol. The van der Waals surface area contributed by atoms with E-state index in [-0.39, 0.29) is 18.9 Å². The smallest absolute Gasteiger partial charge is 0.480 e. The van der Waals surface area contributed by atoms with Crippen molar-refractivity contribution in [3.05, 3.63) is 89.5 Å². The Kier molecular flexibility index (Phi) is 6.25. The van der Waals surface area contributed by atoms with E-state index in [2.05, 4.69) is 5.32 Å². The Morgan fingerprint density at radius 3 is 2.00 bits per heavy atom. The van der Waals surface area contributed by atoms with Crippen LogP contribution < -0.4 is 10.8 Å². The molecule has 0 saturated heterocycles. The first-order chi connectivity index (χ1) is 15.4. The Balaban J connectivity index is 1.41. The fraction of sp³-hybridized carbons (Fsp3) is 0.167. The molecule has 0 fully saturated rings. The second-order valence-electron chi connectivity index (χ2n) is 7.68. The molecule has 0 aromatic heterocycles. The van der Waals surface area contributed by atoms with Crippen molar-refractivity contribution in [2.75, 3.05) is 6.61 Å². The summed E-state index contributed by atoms with van der Waals surface area (Å²) in [5, 5.41) is 30.3. The van der Waals surface area contributed by atoms with E-state index in [4.69, 9.17) is 14.8 Å². The first kappa shape index (κ1) is 21.6. The number of hydrogen-bond donors (Lipinski definition) is 4. The summed E-state index contributed by atoms with van der Waals surface area (Å²) in [4.78, 5) is 24.1. The average molecular weight is 431 g/mol. The molecular weight excluding hydrogens is 409 g/mol. The van der Waals surface area contributed by atoms with Crippen molar-refractivity contribution in [3.8, 4) is 11.1 Å². The first-order valence-corrected chi connectivity index (χ1v) is 10.2. The number of hydrogen-bond acceptors (Lipinski definition) is 5. The lowest BCUT2D eigenvalue weighted by Gasteiger charge is -2.17. The molecule has 1 aliphatic carbocycles. The number of carboxylic acids is 1. The molecule has 3 aromatic rings. The standard InChI is InChI=1S/C24H22BNO6/c27-23(28)22(13-15-9-11-16(12-10-15)25(30)31)26-24(29)32-14-21-19-7-3-1-5-17(19)18-6-2-4-8-20(18)21/h1-12,21-22,30-31H,13-14H2,(H,26,29)(H,27,28)/t22-/m1/s1. The highest BCUT2D eigenvalue weighted by Gasteiger charge is 2.29. The van der Waals surface area contributed by atoms with Gasteiger partial charge in [-0.05, 0) is 33.3 Å². The maximum absolute atomic E-state index is 12.4. The van der Waals surface area contributed by atoms with Gasteiger partial charge in [0.15, 0.2) is 0 Å². The highest BCUT2D eigenvalue weighted by Crippen LogP contribution is 2.44. The third-order valence-electron chi connectivity index (χ3n) is 5.65. The number of amides is 1. The molecule has 8 heteroatoms. The zero-order chi connectivity index (χ0) is 22.7. The first-order valence-electron chi connectivity index (χ1n) is 10.2. The van der Waals surface area contributed by atoms with E-state index in [0.717, 1.165) is 22.3 Å². The number of nitrogens with one attached hydrogen (secondary N) is 1. The predicted molar refractivity (Wildman–Crippen MR) is 120 cm³/mol. The van der Waals surface area contributed by atoms with Gasteiger partial charge in [0.25, 0.3) is 0 Å². The summed E-state index contributed by atoms with van der Waals surface area (Å²) >= 11 is 0. The molecule has 0 spiro atoms. The summed E-state index contributed by atoms with van der Waals surface area (Å²) in [5.41, 5.74) is 5.28. The normalized spacial score (nSPS) is 13.1. The number of alkyl carbamates (subject to hydrolysis) is 1. The summed E-state index contributed by atoms with van der Waals surface area (Å²) in [6, 6.07) is 20.9. The van der Waals surface area contributed by atoms with E-state index in [1.165, 1.54) is 12.1 Å². The van der Waals surface area contributed by atoms with Crippen molar-refractivity contribution >= 4 is 24.6 Å². The van der Waals surface area contributed by atoms with E-state index < -0.39 is 25.2 Å². The quantitative estimate of drug-likeness (QED) is 0.425. The van der Waals surface area contributed by atoms with Gasteiger partial charge in [0, 0.05) is 12.3 Å². The maximum Gasteiger partial charge on any atom is 0.488 e. The van der Waals surface area contributed by atoms with E-state index in [9.17, 15) is 14.7 Å². The van der Waals surface area contributed by atoms with Crippen molar-refractivity contribution in [1.82, 2.24) is 5.32 Å². The van der Waals surface area contributed by atoms with Crippen molar-refractivity contribution in [2.45, 2.75) is 18.4 Å². The molecule has 1 atom stereocenters. The van der Waals surface area contributed by atoms with Crippen molar-refractivity contribution in [3.63, 3.8) is 0 Å². The second kappa shape index (κ2) is 9.26. The van der Waals surface area contributed by atoms with Crippen LogP contribution in [0, 0.1) is 0 Å². The van der Waals surface area contributed by atoms with Gasteiger partial charge in [-0.3, -0.25) is 0 Å². The predicted octanol–water partition coefficient (Wildman–Crippen LogP) is 1.90. The van der Waals surface area contributed by atoms with Gasteiger partial charge in [0.1, 0.15) is 12.6 Å². The van der Waals surface area contributed by atoms with Crippen molar-refractivity contribution in [1.29, 1.82) is 0 Å². The summed E-state index contributed by atoms with van der Waals surface area (Å²) < 4.78 is 5.43. The zero-order valence-electron chi connectivity index (χ0n) is 17.1. The van der Waals surface area contributed by atoms with Crippen LogP contribution >= 0.6 is 0 Å². The third-order valence-corrected chi connectivity index (χ3v) is 5.65. The molecule has 0 aliphatic heterocycles. The topological polar surface area (TPSA) is 116 Å².